The zero-order valence-corrected chi connectivity index (χ0v) is 12.9. The maximum atomic E-state index is 12.4. The van der Waals surface area contributed by atoms with Crippen molar-refractivity contribution in [2.45, 2.75) is 39.1 Å². The largest absolute Gasteiger partial charge is 0.459 e. The van der Waals surface area contributed by atoms with E-state index in [0.717, 1.165) is 5.57 Å². The lowest BCUT2D eigenvalue weighted by molar-refractivity contribution is -0.147. The maximum absolute atomic E-state index is 12.4. The minimum absolute atomic E-state index is 0.00494. The molecule has 21 heavy (non-hydrogen) atoms. The molecule has 7 atom stereocenters. The first kappa shape index (κ1) is 15.0. The molecule has 1 saturated carbocycles. The summed E-state index contributed by atoms with van der Waals surface area (Å²) in [7, 11) is 1.60. The number of methoxy groups -OCH3 is 1. The van der Waals surface area contributed by atoms with Crippen LogP contribution in [0.25, 0.3) is 0 Å². The van der Waals surface area contributed by atoms with Crippen LogP contribution in [-0.4, -0.2) is 48.2 Å². The number of carbonyl (C=O) groups is 1. The first-order valence-corrected chi connectivity index (χ1v) is 7.61. The smallest absolute Gasteiger partial charge is 0.310 e. The van der Waals surface area contributed by atoms with Crippen LogP contribution in [0.4, 0.5) is 0 Å². The molecule has 5 heteroatoms. The summed E-state index contributed by atoms with van der Waals surface area (Å²) in [5.74, 6) is -0.468. The molecular weight excluding hydrogens is 272 g/mol. The van der Waals surface area contributed by atoms with E-state index in [4.69, 9.17) is 9.47 Å². The second-order valence-corrected chi connectivity index (χ2v) is 7.05. The molecule has 3 aliphatic rings. The van der Waals surface area contributed by atoms with Gasteiger partial charge in [0.15, 0.2) is 0 Å². The van der Waals surface area contributed by atoms with Crippen LogP contribution >= 0.6 is 0 Å². The average molecular weight is 296 g/mol. The number of carbonyl (C=O) groups excluding carboxylic acids is 1. The molecule has 2 N–H and O–H groups in total. The second-order valence-electron chi connectivity index (χ2n) is 7.05. The minimum atomic E-state index is -0.809. The molecule has 0 spiro atoms. The van der Waals surface area contributed by atoms with Crippen LogP contribution in [0.1, 0.15) is 20.8 Å². The number of rotatable bonds is 3. The Morgan fingerprint density at radius 3 is 2.67 bits per heavy atom. The third-order valence-corrected chi connectivity index (χ3v) is 5.95. The Morgan fingerprint density at radius 1 is 1.48 bits per heavy atom. The Morgan fingerprint density at radius 2 is 2.14 bits per heavy atom. The molecule has 2 bridgehead atoms. The third-order valence-electron chi connectivity index (χ3n) is 5.95. The van der Waals surface area contributed by atoms with Crippen LogP contribution in [0.15, 0.2) is 11.6 Å². The van der Waals surface area contributed by atoms with Crippen molar-refractivity contribution in [2.24, 2.45) is 29.1 Å². The number of aliphatic hydroxyl groups is 2. The number of fused-ring (bicyclic) bond motifs is 4. The van der Waals surface area contributed by atoms with E-state index in [1.165, 1.54) is 0 Å². The van der Waals surface area contributed by atoms with Gasteiger partial charge in [-0.3, -0.25) is 4.79 Å². The van der Waals surface area contributed by atoms with Crippen molar-refractivity contribution in [1.82, 2.24) is 0 Å². The van der Waals surface area contributed by atoms with Crippen molar-refractivity contribution < 1.29 is 24.5 Å². The molecule has 0 aromatic heterocycles. The Bertz CT molecular complexity index is 485. The lowest BCUT2D eigenvalue weighted by Gasteiger charge is -2.49. The van der Waals surface area contributed by atoms with E-state index in [2.05, 4.69) is 13.8 Å². The van der Waals surface area contributed by atoms with Crippen LogP contribution in [-0.2, 0) is 14.3 Å². The van der Waals surface area contributed by atoms with Crippen molar-refractivity contribution in [1.29, 1.82) is 0 Å². The maximum Gasteiger partial charge on any atom is 0.310 e. The van der Waals surface area contributed by atoms with Gasteiger partial charge in [-0.2, -0.15) is 0 Å². The molecule has 0 amide bonds. The van der Waals surface area contributed by atoms with Gasteiger partial charge in [0.2, 0.25) is 0 Å². The lowest BCUT2D eigenvalue weighted by Crippen LogP contribution is -2.58. The molecule has 2 fully saturated rings. The molecule has 0 radical (unpaired) electrons. The molecule has 3 rings (SSSR count). The Labute approximate surface area is 124 Å². The van der Waals surface area contributed by atoms with Gasteiger partial charge in [0.05, 0.1) is 18.6 Å². The van der Waals surface area contributed by atoms with Gasteiger partial charge in [-0.25, -0.2) is 0 Å². The number of esters is 1. The molecule has 118 valence electrons. The van der Waals surface area contributed by atoms with Crippen molar-refractivity contribution in [2.75, 3.05) is 13.7 Å². The summed E-state index contributed by atoms with van der Waals surface area (Å²) >= 11 is 0. The molecule has 0 aromatic carbocycles. The van der Waals surface area contributed by atoms with Gasteiger partial charge < -0.3 is 19.7 Å². The van der Waals surface area contributed by atoms with Gasteiger partial charge in [-0.05, 0) is 11.5 Å². The van der Waals surface area contributed by atoms with Crippen molar-refractivity contribution in [3.8, 4) is 0 Å². The van der Waals surface area contributed by atoms with E-state index < -0.39 is 17.6 Å². The Balaban J connectivity index is 2.11. The molecule has 1 saturated heterocycles. The fourth-order valence-corrected chi connectivity index (χ4v) is 4.89. The van der Waals surface area contributed by atoms with Crippen LogP contribution in [0, 0.1) is 29.1 Å². The molecule has 2 aliphatic carbocycles. The highest BCUT2D eigenvalue weighted by molar-refractivity contribution is 5.77. The number of aliphatic hydroxyl groups excluding tert-OH is 2. The number of hydrogen-bond donors (Lipinski definition) is 2. The summed E-state index contributed by atoms with van der Waals surface area (Å²) in [4.78, 5) is 12.4. The van der Waals surface area contributed by atoms with Gasteiger partial charge in [-0.1, -0.05) is 26.8 Å². The molecule has 0 unspecified atom stereocenters. The highest BCUT2D eigenvalue weighted by Crippen LogP contribution is 2.61. The fraction of sp³-hybridized carbons (Fsp3) is 0.812. The van der Waals surface area contributed by atoms with E-state index in [-0.39, 0.29) is 42.4 Å². The summed E-state index contributed by atoms with van der Waals surface area (Å²) in [5.41, 5.74) is 0.0878. The highest BCUT2D eigenvalue weighted by Gasteiger charge is 2.69. The first-order valence-electron chi connectivity index (χ1n) is 7.61. The summed E-state index contributed by atoms with van der Waals surface area (Å²) < 4.78 is 11.1. The van der Waals surface area contributed by atoms with Crippen LogP contribution in [0.5, 0.6) is 0 Å². The minimum Gasteiger partial charge on any atom is -0.459 e. The normalized spacial score (nSPS) is 48.3. The second kappa shape index (κ2) is 4.80. The van der Waals surface area contributed by atoms with Gasteiger partial charge in [0, 0.05) is 24.4 Å². The Hall–Kier alpha value is -0.910. The van der Waals surface area contributed by atoms with E-state index in [1.807, 2.05) is 13.0 Å². The van der Waals surface area contributed by atoms with Gasteiger partial charge in [0.1, 0.15) is 12.2 Å². The van der Waals surface area contributed by atoms with Crippen molar-refractivity contribution >= 4 is 5.97 Å². The molecule has 1 aliphatic heterocycles. The third kappa shape index (κ3) is 1.71. The first-order chi connectivity index (χ1) is 9.87. The van der Waals surface area contributed by atoms with Crippen LogP contribution < -0.4 is 0 Å². The van der Waals surface area contributed by atoms with E-state index in [9.17, 15) is 15.0 Å². The monoisotopic (exact) mass is 296 g/mol. The molecule has 0 aromatic rings. The molecular formula is C16H24O5. The van der Waals surface area contributed by atoms with Crippen LogP contribution in [0.2, 0.25) is 0 Å². The number of ether oxygens (including phenoxy) is 2. The quantitative estimate of drug-likeness (QED) is 0.593. The van der Waals surface area contributed by atoms with E-state index in [0.29, 0.717) is 0 Å². The molecule has 5 nitrogen and oxygen atoms in total. The fourth-order valence-electron chi connectivity index (χ4n) is 4.89. The van der Waals surface area contributed by atoms with Crippen LogP contribution in [0.3, 0.4) is 0 Å². The summed E-state index contributed by atoms with van der Waals surface area (Å²) in [5, 5.41) is 20.6. The van der Waals surface area contributed by atoms with E-state index >= 15 is 0 Å². The topological polar surface area (TPSA) is 76.0 Å². The van der Waals surface area contributed by atoms with Gasteiger partial charge in [0.25, 0.3) is 0 Å². The summed E-state index contributed by atoms with van der Waals surface area (Å²) in [6.07, 6.45) is 0.300. The SMILES string of the molecule is CO[C@H]1C=C(CO)[C@@]2(C)[C@@H]1[C@H]1C(=O)O[C@H]([C@H]1C(C)C)[C@H]2O. The van der Waals surface area contributed by atoms with Crippen molar-refractivity contribution in [3.63, 3.8) is 0 Å². The highest BCUT2D eigenvalue weighted by atomic mass is 16.6. The average Bonchev–Trinajstić information content (AvgIpc) is 2.90. The predicted molar refractivity (Wildman–Crippen MR) is 75.3 cm³/mol. The standard InChI is InChI=1S/C16H24O5/c1-7(2)10-11-12-9(20-4)5-8(6-17)16(12,3)14(18)13(10)21-15(11)19/h5,7,9-14,17-18H,6H2,1-4H3/t9-,10-,11-,12-,13+,14+,16-/m0/s1. The lowest BCUT2D eigenvalue weighted by atomic mass is 9.55. The zero-order valence-electron chi connectivity index (χ0n) is 12.9. The molecule has 1 heterocycles. The Kier molecular flexibility index (Phi) is 3.43. The van der Waals surface area contributed by atoms with Gasteiger partial charge >= 0.3 is 5.97 Å². The summed E-state index contributed by atoms with van der Waals surface area (Å²) in [6, 6.07) is 0. The van der Waals surface area contributed by atoms with Crippen molar-refractivity contribution in [3.05, 3.63) is 11.6 Å². The number of hydrogen-bond acceptors (Lipinski definition) is 5. The predicted octanol–water partition coefficient (Wildman–Crippen LogP) is 0.744. The summed E-state index contributed by atoms with van der Waals surface area (Å²) in [6.45, 7) is 5.89. The van der Waals surface area contributed by atoms with E-state index in [1.54, 1.807) is 7.11 Å². The van der Waals surface area contributed by atoms with Gasteiger partial charge in [-0.15, -0.1) is 0 Å². The zero-order chi connectivity index (χ0) is 15.5.